The van der Waals surface area contributed by atoms with Crippen LogP contribution in [-0.2, 0) is 39.0 Å². The van der Waals surface area contributed by atoms with Crippen LogP contribution in [0.2, 0.25) is 0 Å². The Morgan fingerprint density at radius 2 is 1.26 bits per heavy atom. The molecule has 0 aliphatic carbocycles. The van der Waals surface area contributed by atoms with Gasteiger partial charge in [0.05, 0.1) is 5.75 Å². The van der Waals surface area contributed by atoms with E-state index in [0.717, 1.165) is 11.3 Å². The molecule has 226 valence electrons. The lowest BCUT2D eigenvalue weighted by atomic mass is 10.2. The average molecular weight is 714 g/mol. The number of rotatable bonds is 7. The average Bonchev–Trinajstić information content (AvgIpc) is 3.61. The zero-order valence-corrected chi connectivity index (χ0v) is 27.2. The number of hydrogen-bond acceptors (Lipinski definition) is 16. The van der Waals surface area contributed by atoms with Gasteiger partial charge in [-0.25, -0.2) is 16.8 Å². The molecule has 3 heterocycles. The number of amides is 3. The number of sulfone groups is 1. The van der Waals surface area contributed by atoms with Crippen LogP contribution < -0.4 is 16.0 Å². The molecule has 0 saturated carbocycles. The first-order chi connectivity index (χ1) is 19.5. The first-order valence-electron chi connectivity index (χ1n) is 10.8. The van der Waals surface area contributed by atoms with Crippen LogP contribution in [0.15, 0.2) is 39.0 Å². The van der Waals surface area contributed by atoms with Gasteiger partial charge in [-0.15, -0.1) is 25.5 Å². The third kappa shape index (κ3) is 12.7. The Bertz CT molecular complexity index is 1800. The Kier molecular flexibility index (Phi) is 13.1. The predicted octanol–water partition coefficient (Wildman–Crippen LogP) is 3.05. The molecule has 3 aromatic heterocycles. The molecule has 0 radical (unpaired) electrons. The highest BCUT2D eigenvalue weighted by Crippen LogP contribution is 2.24. The van der Waals surface area contributed by atoms with Crippen molar-refractivity contribution in [1.29, 1.82) is 0 Å². The smallest absolute Gasteiger partial charge is 0.290 e. The van der Waals surface area contributed by atoms with E-state index in [1.165, 1.54) is 32.1 Å². The predicted molar refractivity (Wildman–Crippen MR) is 160 cm³/mol. The molecule has 0 spiro atoms. The first kappa shape index (κ1) is 34.9. The van der Waals surface area contributed by atoms with Crippen LogP contribution >= 0.6 is 56.9 Å². The quantitative estimate of drug-likeness (QED) is 0.123. The van der Waals surface area contributed by atoms with Crippen molar-refractivity contribution >= 4 is 109 Å². The zero-order valence-electron chi connectivity index (χ0n) is 21.5. The number of aromatic amines is 1. The summed E-state index contributed by atoms with van der Waals surface area (Å²) in [6.07, 6.45) is 0. The van der Waals surface area contributed by atoms with Gasteiger partial charge in [-0.2, -0.15) is 0 Å². The maximum Gasteiger partial charge on any atom is 0.290 e. The zero-order chi connectivity index (χ0) is 31.5. The molecule has 0 aliphatic rings. The van der Waals surface area contributed by atoms with Gasteiger partial charge < -0.3 is 16.0 Å². The van der Waals surface area contributed by atoms with E-state index in [0.29, 0.717) is 26.0 Å². The summed E-state index contributed by atoms with van der Waals surface area (Å²) in [5.74, 6) is -0.946. The number of H-pyrrole nitrogens is 1. The van der Waals surface area contributed by atoms with E-state index in [4.69, 9.17) is 22.9 Å². The molecule has 0 aliphatic heterocycles. The molecule has 4 rings (SSSR count). The first-order valence-corrected chi connectivity index (χ1v) is 17.6. The topological polar surface area (TPSA) is 236 Å². The van der Waals surface area contributed by atoms with E-state index in [-0.39, 0.29) is 42.4 Å². The van der Waals surface area contributed by atoms with Crippen LogP contribution in [0.1, 0.15) is 26.3 Å². The second-order valence-corrected chi connectivity index (χ2v) is 15.9. The van der Waals surface area contributed by atoms with E-state index in [9.17, 15) is 31.2 Å². The SMILES string of the molecule is CC(=O)Nc1n[nH]c(=S)s1.CC(=O)Nc1nnc(S(=O)(=O)Cc2ccccc2)s1.CC(=O)Nc1nnc(S(=O)(=O)Cl)s1. The molecular weight excluding hydrogens is 694 g/mol. The molecule has 23 heteroatoms. The highest BCUT2D eigenvalue weighted by atomic mass is 35.7. The summed E-state index contributed by atoms with van der Waals surface area (Å²) < 4.78 is 45.7. The third-order valence-corrected chi connectivity index (χ3v) is 10.5. The Labute approximate surface area is 260 Å². The molecule has 0 unspecified atom stereocenters. The minimum absolute atomic E-state index is 0.0971. The van der Waals surface area contributed by atoms with Crippen molar-refractivity contribution in [3.8, 4) is 0 Å². The fourth-order valence-electron chi connectivity index (χ4n) is 2.34. The van der Waals surface area contributed by atoms with Gasteiger partial charge in [0, 0.05) is 31.5 Å². The van der Waals surface area contributed by atoms with Crippen molar-refractivity contribution in [2.75, 3.05) is 16.0 Å². The molecule has 4 aromatic rings. The second-order valence-electron chi connectivity index (χ2n) is 7.39. The van der Waals surface area contributed by atoms with E-state index >= 15 is 0 Å². The van der Waals surface area contributed by atoms with E-state index < -0.39 is 18.9 Å². The molecule has 0 bridgehead atoms. The standard InChI is InChI=1S/C11H11N3O3S2.C4H4ClN3O3S2.C4H5N3OS2/c1-8(15)12-10-13-14-11(18-10)19(16,17)7-9-5-3-2-4-6-9;1-2(9)6-3-7-8-4(12-3)13(5,10)11;1-2(8)5-3-6-7-4(9)10-3/h2-6H,7H2,1H3,(H,12,13,15);1H3,(H,6,7,9);1H3,(H,7,9)(H,5,6,8). The number of nitrogens with one attached hydrogen (secondary N) is 4. The largest absolute Gasteiger partial charge is 0.301 e. The van der Waals surface area contributed by atoms with Gasteiger partial charge in [0.2, 0.25) is 51.6 Å². The van der Waals surface area contributed by atoms with Gasteiger partial charge >= 0.3 is 0 Å². The number of hydrogen-bond donors (Lipinski definition) is 4. The van der Waals surface area contributed by atoms with Crippen LogP contribution in [0.25, 0.3) is 0 Å². The van der Waals surface area contributed by atoms with Gasteiger partial charge in [-0.3, -0.25) is 19.5 Å². The van der Waals surface area contributed by atoms with Crippen LogP contribution in [-0.4, -0.2) is 65.1 Å². The van der Waals surface area contributed by atoms with Gasteiger partial charge in [0.15, 0.2) is 3.95 Å². The minimum atomic E-state index is -3.85. The van der Waals surface area contributed by atoms with Crippen molar-refractivity contribution in [3.05, 3.63) is 39.8 Å². The summed E-state index contributed by atoms with van der Waals surface area (Å²) >= 11 is 7.51. The summed E-state index contributed by atoms with van der Waals surface area (Å²) in [5.41, 5.74) is 0.679. The Hall–Kier alpha value is -3.28. The number of benzene rings is 1. The van der Waals surface area contributed by atoms with Gasteiger partial charge in [0.1, 0.15) is 0 Å². The number of anilines is 3. The molecule has 42 heavy (non-hydrogen) atoms. The van der Waals surface area contributed by atoms with Crippen molar-refractivity contribution < 1.29 is 31.2 Å². The lowest BCUT2D eigenvalue weighted by Gasteiger charge is -1.99. The van der Waals surface area contributed by atoms with Gasteiger partial charge in [-0.1, -0.05) is 64.3 Å². The second kappa shape index (κ2) is 15.8. The fourth-order valence-corrected chi connectivity index (χ4v) is 7.21. The molecule has 1 aromatic carbocycles. The molecule has 0 saturated heterocycles. The molecule has 0 atom stereocenters. The Morgan fingerprint density at radius 3 is 1.69 bits per heavy atom. The fraction of sp³-hybridized carbons (Fsp3) is 0.211. The maximum atomic E-state index is 12.1. The van der Waals surface area contributed by atoms with E-state index in [1.807, 2.05) is 6.07 Å². The molecule has 4 N–H and O–H groups in total. The molecule has 16 nitrogen and oxygen atoms in total. The molecule has 3 amide bonds. The summed E-state index contributed by atoms with van der Waals surface area (Å²) in [5, 5.41) is 28.1. The van der Waals surface area contributed by atoms with Crippen molar-refractivity contribution in [2.45, 2.75) is 35.2 Å². The third-order valence-electron chi connectivity index (χ3n) is 3.77. The number of carbonyl (C=O) groups excluding carboxylic acids is 3. The minimum Gasteiger partial charge on any atom is -0.301 e. The van der Waals surface area contributed by atoms with E-state index in [1.54, 1.807) is 24.3 Å². The summed E-state index contributed by atoms with van der Waals surface area (Å²) in [6, 6.07) is 8.82. The van der Waals surface area contributed by atoms with E-state index in [2.05, 4.69) is 46.5 Å². The van der Waals surface area contributed by atoms with Crippen molar-refractivity contribution in [1.82, 2.24) is 30.6 Å². The maximum absolute atomic E-state index is 12.1. The normalized spacial score (nSPS) is 10.8. The monoisotopic (exact) mass is 713 g/mol. The Balaban J connectivity index is 0.000000234. The number of carbonyl (C=O) groups is 3. The highest BCUT2D eigenvalue weighted by Gasteiger charge is 2.21. The lowest BCUT2D eigenvalue weighted by molar-refractivity contribution is -0.115. The number of aromatic nitrogens is 6. The van der Waals surface area contributed by atoms with Gasteiger partial charge in [0.25, 0.3) is 9.05 Å². The van der Waals surface area contributed by atoms with Crippen molar-refractivity contribution in [3.63, 3.8) is 0 Å². The lowest BCUT2D eigenvalue weighted by Crippen LogP contribution is -2.04. The number of nitrogens with zero attached hydrogens (tertiary/aromatic N) is 5. The van der Waals surface area contributed by atoms with Gasteiger partial charge in [-0.05, 0) is 17.8 Å². The van der Waals surface area contributed by atoms with Crippen molar-refractivity contribution in [2.24, 2.45) is 0 Å². The summed E-state index contributed by atoms with van der Waals surface area (Å²) in [7, 11) is -2.41. The molecule has 0 fully saturated rings. The van der Waals surface area contributed by atoms with Crippen LogP contribution in [0.5, 0.6) is 0 Å². The summed E-state index contributed by atoms with van der Waals surface area (Å²) in [6.45, 7) is 4.01. The summed E-state index contributed by atoms with van der Waals surface area (Å²) in [4.78, 5) is 31.8. The molecular formula is C19H20ClN9O7S6. The Morgan fingerprint density at radius 1 is 0.786 bits per heavy atom. The highest BCUT2D eigenvalue weighted by molar-refractivity contribution is 8.15. The van der Waals surface area contributed by atoms with Crippen LogP contribution in [0, 0.1) is 3.95 Å². The van der Waals surface area contributed by atoms with Crippen LogP contribution in [0.3, 0.4) is 0 Å². The van der Waals surface area contributed by atoms with Crippen LogP contribution in [0.4, 0.5) is 15.4 Å². The number of halogens is 1.